The maximum Gasteiger partial charge on any atom is 0.0431 e. The topological polar surface area (TPSA) is 32.3 Å². The quantitative estimate of drug-likeness (QED) is 0.667. The molecular formula is C15H27NO. The van der Waals surface area contributed by atoms with Crippen LogP contribution in [0.1, 0.15) is 39.5 Å². The first-order valence-electron chi connectivity index (χ1n) is 7.11. The fraction of sp³-hybridized carbons (Fsp3) is 0.867. The summed E-state index contributed by atoms with van der Waals surface area (Å²) >= 11 is 0. The summed E-state index contributed by atoms with van der Waals surface area (Å²) in [6, 6.07) is 0. The Kier molecular flexibility index (Phi) is 4.26. The van der Waals surface area contributed by atoms with E-state index in [-0.39, 0.29) is 0 Å². The summed E-state index contributed by atoms with van der Waals surface area (Å²) in [6.07, 6.45) is 9.66. The molecule has 0 aromatic heterocycles. The molecule has 2 N–H and O–H groups in total. The number of hydrogen-bond acceptors (Lipinski definition) is 2. The van der Waals surface area contributed by atoms with Gasteiger partial charge >= 0.3 is 0 Å². The van der Waals surface area contributed by atoms with Gasteiger partial charge in [0, 0.05) is 13.2 Å². The van der Waals surface area contributed by atoms with Crippen LogP contribution in [0.3, 0.4) is 0 Å². The second-order valence-corrected chi connectivity index (χ2v) is 6.66. The number of aliphatic hydroxyl groups excluding tert-OH is 1. The Bertz CT molecular complexity index is 272. The van der Waals surface area contributed by atoms with Gasteiger partial charge in [0.2, 0.25) is 0 Å². The van der Waals surface area contributed by atoms with Gasteiger partial charge in [-0.05, 0) is 55.4 Å². The molecule has 0 amide bonds. The van der Waals surface area contributed by atoms with Gasteiger partial charge in [-0.25, -0.2) is 0 Å². The van der Waals surface area contributed by atoms with Crippen molar-refractivity contribution < 1.29 is 5.11 Å². The van der Waals surface area contributed by atoms with E-state index in [0.29, 0.717) is 12.0 Å². The van der Waals surface area contributed by atoms with E-state index in [1.165, 1.54) is 19.4 Å². The fourth-order valence-electron chi connectivity index (χ4n) is 3.37. The largest absolute Gasteiger partial charge is 0.396 e. The van der Waals surface area contributed by atoms with Gasteiger partial charge < -0.3 is 10.4 Å². The summed E-state index contributed by atoms with van der Waals surface area (Å²) in [5.74, 6) is 2.61. The average Bonchev–Trinajstić information content (AvgIpc) is 2.88. The minimum atomic E-state index is 0.316. The highest BCUT2D eigenvalue weighted by Crippen LogP contribution is 2.43. The van der Waals surface area contributed by atoms with E-state index in [4.69, 9.17) is 5.11 Å². The van der Waals surface area contributed by atoms with Crippen molar-refractivity contribution in [1.29, 1.82) is 0 Å². The smallest absolute Gasteiger partial charge is 0.0431 e. The van der Waals surface area contributed by atoms with Crippen LogP contribution in [-0.2, 0) is 0 Å². The molecule has 17 heavy (non-hydrogen) atoms. The van der Waals surface area contributed by atoms with Crippen LogP contribution in [0.5, 0.6) is 0 Å². The van der Waals surface area contributed by atoms with Crippen LogP contribution in [0.4, 0.5) is 0 Å². The molecule has 0 saturated heterocycles. The lowest BCUT2D eigenvalue weighted by Gasteiger charge is -2.27. The van der Waals surface area contributed by atoms with Gasteiger partial charge in [-0.3, -0.25) is 0 Å². The van der Waals surface area contributed by atoms with Crippen molar-refractivity contribution in [3.8, 4) is 0 Å². The van der Waals surface area contributed by atoms with Crippen molar-refractivity contribution in [1.82, 2.24) is 5.32 Å². The van der Waals surface area contributed by atoms with E-state index in [1.54, 1.807) is 0 Å². The highest BCUT2D eigenvalue weighted by Gasteiger charge is 2.35. The first-order valence-corrected chi connectivity index (χ1v) is 7.11. The Labute approximate surface area is 105 Å². The molecule has 0 heterocycles. The van der Waals surface area contributed by atoms with E-state index in [1.807, 2.05) is 0 Å². The molecule has 2 rings (SSSR count). The third-order valence-corrected chi connectivity index (χ3v) is 4.44. The molecule has 3 atom stereocenters. The van der Waals surface area contributed by atoms with E-state index in [9.17, 15) is 0 Å². The zero-order valence-electron chi connectivity index (χ0n) is 11.3. The fourth-order valence-corrected chi connectivity index (χ4v) is 3.37. The van der Waals surface area contributed by atoms with Crippen LogP contribution >= 0.6 is 0 Å². The monoisotopic (exact) mass is 237 g/mol. The molecule has 0 aromatic rings. The average molecular weight is 237 g/mol. The van der Waals surface area contributed by atoms with Crippen LogP contribution in [0.25, 0.3) is 0 Å². The first kappa shape index (κ1) is 13.1. The minimum Gasteiger partial charge on any atom is -0.396 e. The molecule has 0 aromatic carbocycles. The summed E-state index contributed by atoms with van der Waals surface area (Å²) in [7, 11) is 0. The van der Waals surface area contributed by atoms with E-state index >= 15 is 0 Å². The lowest BCUT2D eigenvalue weighted by Crippen LogP contribution is -2.34. The predicted octanol–water partition coefficient (Wildman–Crippen LogP) is 2.59. The number of hydrogen-bond donors (Lipinski definition) is 2. The Morgan fingerprint density at radius 1 is 1.29 bits per heavy atom. The second kappa shape index (κ2) is 5.53. The highest BCUT2D eigenvalue weighted by atomic mass is 16.2. The Hall–Kier alpha value is -0.340. The Morgan fingerprint density at radius 2 is 2.12 bits per heavy atom. The second-order valence-electron chi connectivity index (χ2n) is 6.66. The lowest BCUT2D eigenvalue weighted by atomic mass is 9.87. The summed E-state index contributed by atoms with van der Waals surface area (Å²) in [4.78, 5) is 0. The third-order valence-electron chi connectivity index (χ3n) is 4.44. The summed E-state index contributed by atoms with van der Waals surface area (Å²) < 4.78 is 0. The molecule has 3 unspecified atom stereocenters. The molecule has 2 heteroatoms. The zero-order chi connectivity index (χ0) is 12.3. The molecular weight excluding hydrogens is 210 g/mol. The van der Waals surface area contributed by atoms with Crippen molar-refractivity contribution in [2.24, 2.45) is 23.2 Å². The van der Waals surface area contributed by atoms with Crippen LogP contribution in [0, 0.1) is 23.2 Å². The maximum absolute atomic E-state index is 8.87. The maximum atomic E-state index is 8.87. The summed E-state index contributed by atoms with van der Waals surface area (Å²) in [6.45, 7) is 7.14. The molecule has 2 nitrogen and oxygen atoms in total. The molecule has 1 fully saturated rings. The third kappa shape index (κ3) is 3.56. The molecule has 2 aliphatic rings. The van der Waals surface area contributed by atoms with E-state index in [2.05, 4.69) is 31.3 Å². The molecule has 2 bridgehead atoms. The van der Waals surface area contributed by atoms with Gasteiger partial charge in [0.1, 0.15) is 0 Å². The van der Waals surface area contributed by atoms with Crippen molar-refractivity contribution >= 4 is 0 Å². The van der Waals surface area contributed by atoms with Gasteiger partial charge in [-0.15, -0.1) is 0 Å². The summed E-state index contributed by atoms with van der Waals surface area (Å²) in [5.41, 5.74) is 0.316. The minimum absolute atomic E-state index is 0.316. The number of fused-ring (bicyclic) bond motifs is 2. The van der Waals surface area contributed by atoms with Crippen LogP contribution < -0.4 is 5.32 Å². The van der Waals surface area contributed by atoms with Crippen LogP contribution in [0.15, 0.2) is 12.2 Å². The molecule has 0 radical (unpaired) electrons. The standard InChI is InChI=1S/C15H27NO/c1-15(2,6-3-7-17)11-16-10-14-9-12-4-5-13(14)8-12/h4-5,12-14,16-17H,3,6-11H2,1-2H3. The number of nitrogens with one attached hydrogen (secondary N) is 1. The van der Waals surface area contributed by atoms with Gasteiger partial charge in [0.25, 0.3) is 0 Å². The number of allylic oxidation sites excluding steroid dienone is 2. The summed E-state index contributed by atoms with van der Waals surface area (Å²) in [5, 5.41) is 12.5. The van der Waals surface area contributed by atoms with Crippen molar-refractivity contribution in [2.45, 2.75) is 39.5 Å². The van der Waals surface area contributed by atoms with Gasteiger partial charge in [-0.2, -0.15) is 0 Å². The number of rotatable bonds is 7. The van der Waals surface area contributed by atoms with Crippen molar-refractivity contribution in [3.05, 3.63) is 12.2 Å². The van der Waals surface area contributed by atoms with Crippen LogP contribution in [0.2, 0.25) is 0 Å². The molecule has 98 valence electrons. The van der Waals surface area contributed by atoms with Crippen LogP contribution in [-0.4, -0.2) is 24.8 Å². The van der Waals surface area contributed by atoms with Gasteiger partial charge in [-0.1, -0.05) is 26.0 Å². The van der Waals surface area contributed by atoms with Crippen molar-refractivity contribution in [3.63, 3.8) is 0 Å². The molecule has 1 saturated carbocycles. The molecule has 2 aliphatic carbocycles. The predicted molar refractivity (Wildman–Crippen MR) is 71.8 cm³/mol. The van der Waals surface area contributed by atoms with Gasteiger partial charge in [0.05, 0.1) is 0 Å². The van der Waals surface area contributed by atoms with Crippen molar-refractivity contribution in [2.75, 3.05) is 19.7 Å². The van der Waals surface area contributed by atoms with Gasteiger partial charge in [0.15, 0.2) is 0 Å². The Balaban J connectivity index is 1.64. The molecule has 0 spiro atoms. The molecule has 0 aliphatic heterocycles. The zero-order valence-corrected chi connectivity index (χ0v) is 11.3. The SMILES string of the molecule is CC(C)(CCCO)CNCC1CC2C=CC1C2. The highest BCUT2D eigenvalue weighted by molar-refractivity contribution is 5.10. The van der Waals surface area contributed by atoms with E-state index in [0.717, 1.165) is 37.1 Å². The normalized spacial score (nSPS) is 31.4. The van der Waals surface area contributed by atoms with E-state index < -0.39 is 0 Å². The lowest BCUT2D eigenvalue weighted by molar-refractivity contribution is 0.233. The Morgan fingerprint density at radius 3 is 2.71 bits per heavy atom. The first-order chi connectivity index (χ1) is 8.11. The number of aliphatic hydroxyl groups is 1.